The zero-order chi connectivity index (χ0) is 21.7. The van der Waals surface area contributed by atoms with Gasteiger partial charge in [0.1, 0.15) is 30.6 Å². The first-order chi connectivity index (χ1) is 15.0. The number of fused-ring (bicyclic) bond motifs is 2. The van der Waals surface area contributed by atoms with Gasteiger partial charge in [0.15, 0.2) is 5.65 Å². The summed E-state index contributed by atoms with van der Waals surface area (Å²) in [5, 5.41) is 19.0. The molecule has 3 aromatic rings. The molecule has 0 bridgehead atoms. The van der Waals surface area contributed by atoms with Crippen molar-refractivity contribution in [3.63, 3.8) is 0 Å². The fourth-order valence-electron chi connectivity index (χ4n) is 4.42. The molecule has 184 valence electrons. The summed E-state index contributed by atoms with van der Waals surface area (Å²) in [5.74, 6) is 1.12. The Morgan fingerprint density at radius 1 is 1.29 bits per heavy atom. The minimum Gasteiger partial charge on any atom is -0.491 e. The van der Waals surface area contributed by atoms with Crippen molar-refractivity contribution in [1.29, 1.82) is 5.26 Å². The van der Waals surface area contributed by atoms with Crippen molar-refractivity contribution in [3.05, 3.63) is 39.8 Å². The number of anilines is 1. The molecule has 2 aliphatic heterocycles. The van der Waals surface area contributed by atoms with Gasteiger partial charge in [-0.05, 0) is 19.9 Å². The summed E-state index contributed by atoms with van der Waals surface area (Å²) in [4.78, 5) is 10.9. The third-order valence-corrected chi connectivity index (χ3v) is 6.54. The number of benzene rings is 1. The minimum atomic E-state index is -0.235. The monoisotopic (exact) mass is 546 g/mol. The normalized spacial score (nSPS) is 16.4. The van der Waals surface area contributed by atoms with Crippen LogP contribution in [-0.4, -0.2) is 56.9 Å². The molecule has 1 saturated heterocycles. The van der Waals surface area contributed by atoms with Gasteiger partial charge >= 0.3 is 0 Å². The third-order valence-electron chi connectivity index (χ3n) is 6.24. The minimum absolute atomic E-state index is 0. The van der Waals surface area contributed by atoms with Crippen LogP contribution in [-0.2, 0) is 6.54 Å². The van der Waals surface area contributed by atoms with Gasteiger partial charge < -0.3 is 15.8 Å². The SMILES string of the molecule is Cc1nn(C(C)c2cc(Cl)c(C#N)c3c2OCCN(C2CNC2)C3)c2ncnc(N)c12.Cl.Cl.Cl. The van der Waals surface area contributed by atoms with Crippen LogP contribution >= 0.6 is 48.8 Å². The van der Waals surface area contributed by atoms with Gasteiger partial charge in [0, 0.05) is 43.3 Å². The van der Waals surface area contributed by atoms with Crippen LogP contribution in [0, 0.1) is 18.3 Å². The molecule has 0 saturated carbocycles. The van der Waals surface area contributed by atoms with Gasteiger partial charge in [0.25, 0.3) is 0 Å². The largest absolute Gasteiger partial charge is 0.491 e. The summed E-state index contributed by atoms with van der Waals surface area (Å²) < 4.78 is 8.06. The van der Waals surface area contributed by atoms with Crippen molar-refractivity contribution in [2.45, 2.75) is 32.5 Å². The summed E-state index contributed by atoms with van der Waals surface area (Å²) in [6.07, 6.45) is 1.44. The number of halogens is 4. The number of nitrogens with two attached hydrogens (primary N) is 1. The Bertz CT molecular complexity index is 1220. The van der Waals surface area contributed by atoms with E-state index in [9.17, 15) is 5.26 Å². The van der Waals surface area contributed by atoms with Crippen molar-refractivity contribution in [2.24, 2.45) is 0 Å². The van der Waals surface area contributed by atoms with Gasteiger partial charge in [0.2, 0.25) is 0 Å². The number of aromatic nitrogens is 4. The quantitative estimate of drug-likeness (QED) is 0.513. The molecule has 5 rings (SSSR count). The lowest BCUT2D eigenvalue weighted by atomic mass is 9.97. The van der Waals surface area contributed by atoms with E-state index in [4.69, 9.17) is 22.1 Å². The average Bonchev–Trinajstić information content (AvgIpc) is 2.90. The van der Waals surface area contributed by atoms with Crippen molar-refractivity contribution in [2.75, 3.05) is 32.0 Å². The summed E-state index contributed by atoms with van der Waals surface area (Å²) in [6, 6.07) is 4.31. The van der Waals surface area contributed by atoms with Gasteiger partial charge in [-0.25, -0.2) is 14.6 Å². The highest BCUT2D eigenvalue weighted by atomic mass is 35.5. The summed E-state index contributed by atoms with van der Waals surface area (Å²) in [7, 11) is 0. The topological polar surface area (TPSA) is 118 Å². The van der Waals surface area contributed by atoms with Crippen molar-refractivity contribution in [3.8, 4) is 11.8 Å². The zero-order valence-electron chi connectivity index (χ0n) is 18.6. The molecule has 2 aliphatic rings. The number of nitrogen functional groups attached to an aromatic ring is 1. The number of hydrogen-bond donors (Lipinski definition) is 2. The average molecular weight is 548 g/mol. The summed E-state index contributed by atoms with van der Waals surface area (Å²) in [5.41, 5.74) is 9.66. The molecule has 13 heteroatoms. The Morgan fingerprint density at radius 2 is 2.03 bits per heavy atom. The Kier molecular flexibility index (Phi) is 9.22. The number of nitriles is 1. The van der Waals surface area contributed by atoms with Gasteiger partial charge in [-0.2, -0.15) is 10.4 Å². The molecule has 1 unspecified atom stereocenters. The first-order valence-electron chi connectivity index (χ1n) is 10.3. The maximum atomic E-state index is 9.81. The van der Waals surface area contributed by atoms with E-state index in [1.54, 1.807) is 0 Å². The van der Waals surface area contributed by atoms with Crippen LogP contribution in [0.1, 0.15) is 35.3 Å². The van der Waals surface area contributed by atoms with E-state index < -0.39 is 0 Å². The smallest absolute Gasteiger partial charge is 0.164 e. The van der Waals surface area contributed by atoms with Crippen LogP contribution in [0.4, 0.5) is 5.82 Å². The number of rotatable bonds is 3. The van der Waals surface area contributed by atoms with Gasteiger partial charge in [-0.15, -0.1) is 37.2 Å². The van der Waals surface area contributed by atoms with Crippen LogP contribution < -0.4 is 15.8 Å². The molecule has 34 heavy (non-hydrogen) atoms. The van der Waals surface area contributed by atoms with Crippen LogP contribution in [0.2, 0.25) is 5.02 Å². The third kappa shape index (κ3) is 4.59. The lowest BCUT2D eigenvalue weighted by Crippen LogP contribution is -2.57. The van der Waals surface area contributed by atoms with Crippen LogP contribution in [0.5, 0.6) is 5.75 Å². The van der Waals surface area contributed by atoms with E-state index in [-0.39, 0.29) is 43.3 Å². The Hall–Kier alpha value is -2.06. The molecule has 1 atom stereocenters. The number of nitrogens with zero attached hydrogens (tertiary/aromatic N) is 6. The highest BCUT2D eigenvalue weighted by Crippen LogP contribution is 2.40. The van der Waals surface area contributed by atoms with Crippen LogP contribution in [0.3, 0.4) is 0 Å². The Balaban J connectivity index is 0.00000136. The van der Waals surface area contributed by atoms with E-state index in [0.29, 0.717) is 47.0 Å². The highest BCUT2D eigenvalue weighted by molar-refractivity contribution is 6.32. The molecule has 9 nitrogen and oxygen atoms in total. The second-order valence-corrected chi connectivity index (χ2v) is 8.44. The fourth-order valence-corrected chi connectivity index (χ4v) is 4.69. The Morgan fingerprint density at radius 3 is 2.68 bits per heavy atom. The van der Waals surface area contributed by atoms with Crippen molar-refractivity contribution >= 4 is 65.7 Å². The molecule has 0 aliphatic carbocycles. The summed E-state index contributed by atoms with van der Waals surface area (Å²) in [6.45, 7) is 7.76. The molecule has 0 amide bonds. The number of ether oxygens (including phenoxy) is 1. The summed E-state index contributed by atoms with van der Waals surface area (Å²) >= 11 is 6.59. The number of aryl methyl sites for hydroxylation is 1. The molecule has 1 aromatic carbocycles. The van der Waals surface area contributed by atoms with E-state index in [1.807, 2.05) is 24.6 Å². The predicted octanol–water partition coefficient (Wildman–Crippen LogP) is 3.28. The molecule has 4 heterocycles. The number of nitrogens with one attached hydrogen (secondary N) is 1. The first kappa shape index (κ1) is 28.2. The van der Waals surface area contributed by atoms with Crippen LogP contribution in [0.25, 0.3) is 11.0 Å². The highest BCUT2D eigenvalue weighted by Gasteiger charge is 2.32. The van der Waals surface area contributed by atoms with Gasteiger partial charge in [-0.1, -0.05) is 11.6 Å². The van der Waals surface area contributed by atoms with E-state index in [2.05, 4.69) is 31.4 Å². The zero-order valence-corrected chi connectivity index (χ0v) is 21.8. The maximum absolute atomic E-state index is 9.81. The lowest BCUT2D eigenvalue weighted by molar-refractivity contribution is 0.127. The second kappa shape index (κ2) is 11.1. The Labute approximate surface area is 221 Å². The van der Waals surface area contributed by atoms with Crippen LogP contribution in [0.15, 0.2) is 12.4 Å². The van der Waals surface area contributed by atoms with Gasteiger partial charge in [-0.3, -0.25) is 4.90 Å². The van der Waals surface area contributed by atoms with Gasteiger partial charge in [0.05, 0.1) is 27.7 Å². The predicted molar refractivity (Wildman–Crippen MR) is 139 cm³/mol. The first-order valence-corrected chi connectivity index (χ1v) is 10.7. The maximum Gasteiger partial charge on any atom is 0.164 e. The lowest BCUT2D eigenvalue weighted by Gasteiger charge is -2.37. The molecule has 0 spiro atoms. The molecule has 1 fully saturated rings. The fraction of sp³-hybridized carbons (Fsp3) is 0.429. The van der Waals surface area contributed by atoms with E-state index in [1.165, 1.54) is 6.33 Å². The molecule has 2 aromatic heterocycles. The second-order valence-electron chi connectivity index (χ2n) is 8.04. The molecular weight excluding hydrogens is 522 g/mol. The van der Waals surface area contributed by atoms with E-state index >= 15 is 0 Å². The molecule has 0 radical (unpaired) electrons. The standard InChI is InChI=1S/C21H23ClN8O.3ClH/c1-11-18-20(24)26-10-27-21(18)30(28-11)12(2)14-5-17(22)15(6-23)16-9-29(13-7-25-8-13)3-4-31-19(14)16;;;/h5,10,12-13,25H,3-4,7-9H2,1-2H3,(H2,24,26,27);3*1H. The van der Waals surface area contributed by atoms with Crippen molar-refractivity contribution < 1.29 is 4.74 Å². The number of hydrogen-bond acceptors (Lipinski definition) is 8. The molecular formula is C21H26Cl4N8O. The van der Waals surface area contributed by atoms with Crippen molar-refractivity contribution in [1.82, 2.24) is 30.0 Å². The van der Waals surface area contributed by atoms with E-state index in [0.717, 1.165) is 41.8 Å². The molecule has 3 N–H and O–H groups in total.